The van der Waals surface area contributed by atoms with Gasteiger partial charge < -0.3 is 0 Å². The van der Waals surface area contributed by atoms with Gasteiger partial charge >= 0.3 is 0 Å². The Morgan fingerprint density at radius 1 is 1.33 bits per heavy atom. The van der Waals surface area contributed by atoms with Crippen molar-refractivity contribution in [3.63, 3.8) is 0 Å². The van der Waals surface area contributed by atoms with Crippen molar-refractivity contribution in [1.82, 2.24) is 0 Å². The van der Waals surface area contributed by atoms with Crippen molar-refractivity contribution in [3.05, 3.63) is 48.1 Å². The summed E-state index contributed by atoms with van der Waals surface area (Å²) in [5.74, 6) is 5.32. The van der Waals surface area contributed by atoms with Gasteiger partial charge in [-0.2, -0.15) is 8.78 Å². The summed E-state index contributed by atoms with van der Waals surface area (Å²) in [4.78, 5) is 0. The predicted molar refractivity (Wildman–Crippen MR) is 57.4 cm³/mol. The maximum absolute atomic E-state index is 12.0. The second-order valence-corrected chi connectivity index (χ2v) is 3.11. The smallest absolute Gasteiger partial charge is 0.174 e. The first-order valence-electron chi connectivity index (χ1n) is 4.81. The zero-order chi connectivity index (χ0) is 11.1. The second-order valence-electron chi connectivity index (χ2n) is 3.11. The number of hydrogen-bond donors (Lipinski definition) is 0. The van der Waals surface area contributed by atoms with Gasteiger partial charge in [0.2, 0.25) is 0 Å². The Labute approximate surface area is 88.6 Å². The minimum absolute atomic E-state index is 0.366. The first-order valence-corrected chi connectivity index (χ1v) is 4.81. The molecule has 1 rings (SSSR count). The van der Waals surface area contributed by atoms with Crippen molar-refractivity contribution < 1.29 is 8.78 Å². The van der Waals surface area contributed by atoms with E-state index in [-0.39, 0.29) is 5.92 Å². The summed E-state index contributed by atoms with van der Waals surface area (Å²) in [6, 6.07) is 9.35. The van der Waals surface area contributed by atoms with Crippen LogP contribution in [0.1, 0.15) is 18.9 Å². The molecule has 0 spiro atoms. The van der Waals surface area contributed by atoms with Crippen molar-refractivity contribution >= 4 is 0 Å². The van der Waals surface area contributed by atoms with Crippen LogP contribution in [0.4, 0.5) is 8.78 Å². The predicted octanol–water partition coefficient (Wildman–Crippen LogP) is 3.84. The fourth-order valence-corrected chi connectivity index (χ4v) is 1.11. The van der Waals surface area contributed by atoms with Gasteiger partial charge in [-0.3, -0.25) is 0 Å². The van der Waals surface area contributed by atoms with Gasteiger partial charge in [-0.05, 0) is 24.6 Å². The van der Waals surface area contributed by atoms with E-state index in [1.54, 1.807) is 0 Å². The van der Waals surface area contributed by atoms with Crippen molar-refractivity contribution in [2.45, 2.75) is 13.3 Å². The summed E-state index contributed by atoms with van der Waals surface area (Å²) >= 11 is 0. The summed E-state index contributed by atoms with van der Waals surface area (Å²) in [6.45, 7) is 1.84. The second kappa shape index (κ2) is 5.98. The molecule has 15 heavy (non-hydrogen) atoms. The zero-order valence-electron chi connectivity index (χ0n) is 8.50. The van der Waals surface area contributed by atoms with Crippen molar-refractivity contribution in [1.29, 1.82) is 0 Å². The van der Waals surface area contributed by atoms with Crippen molar-refractivity contribution in [3.8, 4) is 11.8 Å². The van der Waals surface area contributed by atoms with Gasteiger partial charge in [-0.1, -0.05) is 37.0 Å². The lowest BCUT2D eigenvalue weighted by Crippen LogP contribution is -1.89. The molecule has 0 aromatic heterocycles. The largest absolute Gasteiger partial charge is 0.267 e. The molecule has 0 aliphatic rings. The summed E-state index contributed by atoms with van der Waals surface area (Å²) in [6.07, 6.45) is -0.170. The fourth-order valence-electron chi connectivity index (χ4n) is 1.11. The third-order valence-corrected chi connectivity index (χ3v) is 1.94. The molecule has 0 N–H and O–H groups in total. The molecule has 0 bridgehead atoms. The van der Waals surface area contributed by atoms with E-state index >= 15 is 0 Å². The Hall–Kier alpha value is -1.62. The molecule has 0 aliphatic carbocycles. The van der Waals surface area contributed by atoms with Crippen LogP contribution in [0.25, 0.3) is 0 Å². The van der Waals surface area contributed by atoms with E-state index < -0.39 is 6.08 Å². The summed E-state index contributed by atoms with van der Waals surface area (Å²) in [5, 5.41) is 0. The van der Waals surface area contributed by atoms with Crippen LogP contribution >= 0.6 is 0 Å². The average Bonchev–Trinajstić information content (AvgIpc) is 2.25. The SMILES string of the molecule is CC[C@@H](C#Cc1ccccc1)C=C(F)F. The molecule has 78 valence electrons. The van der Waals surface area contributed by atoms with Crippen LogP contribution in [0.2, 0.25) is 0 Å². The van der Waals surface area contributed by atoms with E-state index in [1.165, 1.54) is 0 Å². The highest BCUT2D eigenvalue weighted by Gasteiger charge is 1.99. The molecule has 2 heteroatoms. The summed E-state index contributed by atoms with van der Waals surface area (Å²) in [5.41, 5.74) is 0.851. The first-order chi connectivity index (χ1) is 7.22. The van der Waals surface area contributed by atoms with Gasteiger partial charge in [-0.25, -0.2) is 0 Å². The molecule has 0 saturated heterocycles. The van der Waals surface area contributed by atoms with E-state index in [4.69, 9.17) is 0 Å². The molecule has 0 radical (unpaired) electrons. The lowest BCUT2D eigenvalue weighted by atomic mass is 10.1. The molecular formula is C13H12F2. The van der Waals surface area contributed by atoms with Crippen LogP contribution in [0.5, 0.6) is 0 Å². The van der Waals surface area contributed by atoms with Gasteiger partial charge in [0.25, 0.3) is 6.08 Å². The molecule has 0 amide bonds. The Kier molecular flexibility index (Phi) is 4.56. The number of rotatable bonds is 2. The maximum atomic E-state index is 12.0. The van der Waals surface area contributed by atoms with E-state index in [9.17, 15) is 8.78 Å². The van der Waals surface area contributed by atoms with Crippen molar-refractivity contribution in [2.75, 3.05) is 0 Å². The molecule has 0 nitrogen and oxygen atoms in total. The number of hydrogen-bond acceptors (Lipinski definition) is 0. The third-order valence-electron chi connectivity index (χ3n) is 1.94. The lowest BCUT2D eigenvalue weighted by molar-refractivity contribution is 0.413. The number of benzene rings is 1. The Bertz CT molecular complexity index is 378. The van der Waals surface area contributed by atoms with E-state index in [1.807, 2.05) is 37.3 Å². The molecule has 0 saturated carbocycles. The van der Waals surface area contributed by atoms with Crippen molar-refractivity contribution in [2.24, 2.45) is 5.92 Å². The van der Waals surface area contributed by atoms with Gasteiger partial charge in [0.05, 0.1) is 0 Å². The van der Waals surface area contributed by atoms with Gasteiger partial charge in [0.15, 0.2) is 0 Å². The Morgan fingerprint density at radius 3 is 2.53 bits per heavy atom. The average molecular weight is 206 g/mol. The molecule has 0 heterocycles. The van der Waals surface area contributed by atoms with E-state index in [0.717, 1.165) is 11.6 Å². The van der Waals surface area contributed by atoms with Crippen LogP contribution in [-0.2, 0) is 0 Å². The highest BCUT2D eigenvalue weighted by molar-refractivity contribution is 5.34. The highest BCUT2D eigenvalue weighted by atomic mass is 19.3. The molecule has 1 atom stereocenters. The number of allylic oxidation sites excluding steroid dienone is 1. The monoisotopic (exact) mass is 206 g/mol. The molecule has 0 unspecified atom stereocenters. The minimum Gasteiger partial charge on any atom is -0.174 e. The number of halogens is 2. The highest BCUT2D eigenvalue weighted by Crippen LogP contribution is 2.09. The van der Waals surface area contributed by atoms with Gasteiger partial charge in [0, 0.05) is 11.5 Å². The summed E-state index contributed by atoms with van der Waals surface area (Å²) < 4.78 is 24.0. The van der Waals surface area contributed by atoms with E-state index in [0.29, 0.717) is 6.42 Å². The van der Waals surface area contributed by atoms with Crippen LogP contribution in [0.15, 0.2) is 42.5 Å². The van der Waals surface area contributed by atoms with E-state index in [2.05, 4.69) is 11.8 Å². The topological polar surface area (TPSA) is 0 Å². The molecule has 1 aromatic carbocycles. The normalized spacial score (nSPS) is 11.1. The third kappa shape index (κ3) is 4.42. The van der Waals surface area contributed by atoms with Gasteiger partial charge in [0.1, 0.15) is 0 Å². The maximum Gasteiger partial charge on any atom is 0.267 e. The standard InChI is InChI=1S/C13H12F2/c1-2-11(10-13(14)15)8-9-12-6-4-3-5-7-12/h3-7,10-11H,2H2,1H3/t11-/m0/s1. The molecule has 0 fully saturated rings. The molecule has 1 aromatic rings. The quantitative estimate of drug-likeness (QED) is 0.645. The minimum atomic E-state index is -1.66. The molecule has 0 aliphatic heterocycles. The fraction of sp³-hybridized carbons (Fsp3) is 0.231. The van der Waals surface area contributed by atoms with Crippen LogP contribution in [0.3, 0.4) is 0 Å². The van der Waals surface area contributed by atoms with Crippen LogP contribution < -0.4 is 0 Å². The van der Waals surface area contributed by atoms with Gasteiger partial charge in [-0.15, -0.1) is 0 Å². The first kappa shape index (κ1) is 11.5. The Balaban J connectivity index is 2.75. The zero-order valence-corrected chi connectivity index (χ0v) is 8.50. The van der Waals surface area contributed by atoms with Crippen LogP contribution in [0, 0.1) is 17.8 Å². The Morgan fingerprint density at radius 2 is 2.00 bits per heavy atom. The molecular weight excluding hydrogens is 194 g/mol. The summed E-state index contributed by atoms with van der Waals surface area (Å²) in [7, 11) is 0. The lowest BCUT2D eigenvalue weighted by Gasteiger charge is -1.97. The van der Waals surface area contributed by atoms with Crippen LogP contribution in [-0.4, -0.2) is 0 Å².